The highest BCUT2D eigenvalue weighted by Gasteiger charge is 2.48. The molecule has 3 rings (SSSR count). The third kappa shape index (κ3) is 3.46. The Kier molecular flexibility index (Phi) is 5.68. The Morgan fingerprint density at radius 2 is 2.04 bits per heavy atom. The SMILES string of the molecule is CCOC(=O)C1(NC(=O)c2ccncc2N(C)C(C)C)CCc2ccccc21. The van der Waals surface area contributed by atoms with Gasteiger partial charge in [0.2, 0.25) is 0 Å². The Balaban J connectivity index is 2.00. The van der Waals surface area contributed by atoms with Gasteiger partial charge in [-0.2, -0.15) is 0 Å². The number of nitrogens with zero attached hydrogens (tertiary/aromatic N) is 2. The van der Waals surface area contributed by atoms with Crippen LogP contribution in [0.25, 0.3) is 0 Å². The van der Waals surface area contributed by atoms with E-state index in [2.05, 4.69) is 10.3 Å². The zero-order chi connectivity index (χ0) is 20.3. The van der Waals surface area contributed by atoms with Crippen molar-refractivity contribution in [2.75, 3.05) is 18.6 Å². The van der Waals surface area contributed by atoms with Gasteiger partial charge in [-0.1, -0.05) is 24.3 Å². The zero-order valence-corrected chi connectivity index (χ0v) is 16.9. The number of hydrogen-bond acceptors (Lipinski definition) is 5. The number of carbonyl (C=O) groups excluding carboxylic acids is 2. The van der Waals surface area contributed by atoms with E-state index in [0.29, 0.717) is 18.4 Å². The summed E-state index contributed by atoms with van der Waals surface area (Å²) < 4.78 is 5.36. The van der Waals surface area contributed by atoms with E-state index in [1.807, 2.05) is 50.1 Å². The molecule has 1 aromatic heterocycles. The number of hydrogen-bond donors (Lipinski definition) is 1. The van der Waals surface area contributed by atoms with E-state index >= 15 is 0 Å². The van der Waals surface area contributed by atoms with Crippen molar-refractivity contribution < 1.29 is 14.3 Å². The Morgan fingerprint density at radius 1 is 1.29 bits per heavy atom. The summed E-state index contributed by atoms with van der Waals surface area (Å²) in [7, 11) is 1.92. The fraction of sp³-hybridized carbons (Fsp3) is 0.409. The van der Waals surface area contributed by atoms with Crippen LogP contribution < -0.4 is 10.2 Å². The van der Waals surface area contributed by atoms with Gasteiger partial charge >= 0.3 is 5.97 Å². The van der Waals surface area contributed by atoms with Gasteiger partial charge in [0.25, 0.3) is 5.91 Å². The van der Waals surface area contributed by atoms with E-state index in [0.717, 1.165) is 16.8 Å². The minimum absolute atomic E-state index is 0.196. The first-order valence-electron chi connectivity index (χ1n) is 9.65. The quantitative estimate of drug-likeness (QED) is 0.779. The van der Waals surface area contributed by atoms with E-state index in [9.17, 15) is 9.59 Å². The predicted octanol–water partition coefficient (Wildman–Crippen LogP) is 3.06. The van der Waals surface area contributed by atoms with Crippen molar-refractivity contribution in [1.82, 2.24) is 10.3 Å². The van der Waals surface area contributed by atoms with Crippen molar-refractivity contribution >= 4 is 17.6 Å². The smallest absolute Gasteiger partial charge is 0.336 e. The molecule has 6 nitrogen and oxygen atoms in total. The average molecular weight is 381 g/mol. The van der Waals surface area contributed by atoms with Crippen molar-refractivity contribution in [1.29, 1.82) is 0 Å². The molecule has 0 fully saturated rings. The van der Waals surface area contributed by atoms with Crippen LogP contribution in [0.5, 0.6) is 0 Å². The monoisotopic (exact) mass is 381 g/mol. The van der Waals surface area contributed by atoms with Crippen molar-refractivity contribution in [2.45, 2.75) is 45.2 Å². The fourth-order valence-electron chi connectivity index (χ4n) is 3.66. The number of carbonyl (C=O) groups is 2. The number of ether oxygens (including phenoxy) is 1. The summed E-state index contributed by atoms with van der Waals surface area (Å²) in [6.07, 6.45) is 4.46. The maximum atomic E-state index is 13.3. The molecule has 0 bridgehead atoms. The molecular weight excluding hydrogens is 354 g/mol. The maximum absolute atomic E-state index is 13.3. The summed E-state index contributed by atoms with van der Waals surface area (Å²) in [4.78, 5) is 32.4. The molecule has 1 aliphatic rings. The van der Waals surface area contributed by atoms with Gasteiger partial charge in [-0.3, -0.25) is 9.78 Å². The lowest BCUT2D eigenvalue weighted by Gasteiger charge is -2.31. The molecule has 0 saturated carbocycles. The standard InChI is InChI=1S/C22H27N3O3/c1-5-28-21(27)22(12-10-16-8-6-7-9-18(16)22)24-20(26)17-11-13-23-14-19(17)25(4)15(2)3/h6-9,11,13-15H,5,10,12H2,1-4H3,(H,24,26). The minimum atomic E-state index is -1.17. The van der Waals surface area contributed by atoms with Gasteiger partial charge in [-0.25, -0.2) is 4.79 Å². The molecule has 1 heterocycles. The summed E-state index contributed by atoms with van der Waals surface area (Å²) in [5.41, 5.74) is 1.92. The number of anilines is 1. The van der Waals surface area contributed by atoms with Crippen LogP contribution in [0.15, 0.2) is 42.7 Å². The summed E-state index contributed by atoms with van der Waals surface area (Å²) >= 11 is 0. The number of aromatic nitrogens is 1. The van der Waals surface area contributed by atoms with Crippen LogP contribution in [-0.2, 0) is 21.5 Å². The molecule has 1 atom stereocenters. The first-order valence-corrected chi connectivity index (χ1v) is 9.65. The summed E-state index contributed by atoms with van der Waals surface area (Å²) in [6, 6.07) is 9.60. The summed E-state index contributed by atoms with van der Waals surface area (Å²) in [5, 5.41) is 3.02. The van der Waals surface area contributed by atoms with Crippen LogP contribution in [0.1, 0.15) is 48.7 Å². The largest absolute Gasteiger partial charge is 0.464 e. The number of fused-ring (bicyclic) bond motifs is 1. The molecule has 1 amide bonds. The molecular formula is C22H27N3O3. The second kappa shape index (κ2) is 8.00. The number of amides is 1. The first-order chi connectivity index (χ1) is 13.4. The van der Waals surface area contributed by atoms with Crippen LogP contribution in [-0.4, -0.2) is 36.6 Å². The second-order valence-corrected chi connectivity index (χ2v) is 7.33. The van der Waals surface area contributed by atoms with Crippen LogP contribution in [0.3, 0.4) is 0 Å². The van der Waals surface area contributed by atoms with E-state index in [-0.39, 0.29) is 18.6 Å². The average Bonchev–Trinajstić information content (AvgIpc) is 3.07. The highest BCUT2D eigenvalue weighted by Crippen LogP contribution is 2.38. The molecule has 148 valence electrons. The molecule has 0 saturated heterocycles. The molecule has 0 spiro atoms. The molecule has 28 heavy (non-hydrogen) atoms. The number of benzene rings is 1. The molecule has 0 aliphatic heterocycles. The Bertz CT molecular complexity index is 881. The highest BCUT2D eigenvalue weighted by atomic mass is 16.5. The zero-order valence-electron chi connectivity index (χ0n) is 16.9. The van der Waals surface area contributed by atoms with E-state index in [4.69, 9.17) is 4.74 Å². The molecule has 0 radical (unpaired) electrons. The molecule has 2 aromatic rings. The van der Waals surface area contributed by atoms with Crippen LogP contribution in [0.2, 0.25) is 0 Å². The van der Waals surface area contributed by atoms with E-state index in [1.165, 1.54) is 0 Å². The topological polar surface area (TPSA) is 71.5 Å². The van der Waals surface area contributed by atoms with Crippen molar-refractivity contribution in [3.63, 3.8) is 0 Å². The highest BCUT2D eigenvalue weighted by molar-refractivity contribution is 6.02. The number of nitrogens with one attached hydrogen (secondary N) is 1. The summed E-state index contributed by atoms with van der Waals surface area (Å²) in [5.74, 6) is -0.726. The third-order valence-electron chi connectivity index (χ3n) is 5.40. The number of pyridine rings is 1. The van der Waals surface area contributed by atoms with Gasteiger partial charge in [-0.05, 0) is 50.8 Å². The van der Waals surface area contributed by atoms with Crippen molar-refractivity contribution in [3.05, 3.63) is 59.4 Å². The summed E-state index contributed by atoms with van der Waals surface area (Å²) in [6.45, 7) is 6.12. The number of rotatable bonds is 6. The fourth-order valence-corrected chi connectivity index (χ4v) is 3.66. The lowest BCUT2D eigenvalue weighted by molar-refractivity contribution is -0.151. The van der Waals surface area contributed by atoms with Gasteiger partial charge in [0.1, 0.15) is 0 Å². The second-order valence-electron chi connectivity index (χ2n) is 7.33. The van der Waals surface area contributed by atoms with Crippen LogP contribution in [0, 0.1) is 0 Å². The first kappa shape index (κ1) is 19.9. The van der Waals surface area contributed by atoms with Gasteiger partial charge in [0.15, 0.2) is 5.54 Å². The van der Waals surface area contributed by atoms with Crippen LogP contribution in [0.4, 0.5) is 5.69 Å². The third-order valence-corrected chi connectivity index (χ3v) is 5.40. The molecule has 6 heteroatoms. The Morgan fingerprint density at radius 3 is 2.75 bits per heavy atom. The van der Waals surface area contributed by atoms with E-state index in [1.54, 1.807) is 25.4 Å². The number of esters is 1. The predicted molar refractivity (Wildman–Crippen MR) is 108 cm³/mol. The minimum Gasteiger partial charge on any atom is -0.464 e. The molecule has 1 aromatic carbocycles. The van der Waals surface area contributed by atoms with Crippen molar-refractivity contribution in [3.8, 4) is 0 Å². The molecule has 1 unspecified atom stereocenters. The molecule has 1 N–H and O–H groups in total. The van der Waals surface area contributed by atoms with Gasteiger partial charge in [-0.15, -0.1) is 0 Å². The normalized spacial score (nSPS) is 17.9. The van der Waals surface area contributed by atoms with Gasteiger partial charge < -0.3 is 15.0 Å². The molecule has 1 aliphatic carbocycles. The Labute approximate surface area is 165 Å². The van der Waals surface area contributed by atoms with Crippen molar-refractivity contribution in [2.24, 2.45) is 0 Å². The van der Waals surface area contributed by atoms with Crippen LogP contribution >= 0.6 is 0 Å². The van der Waals surface area contributed by atoms with E-state index < -0.39 is 11.5 Å². The number of aryl methyl sites for hydroxylation is 1. The lowest BCUT2D eigenvalue weighted by Crippen LogP contribution is -2.51. The Hall–Kier alpha value is -2.89. The van der Waals surface area contributed by atoms with Gasteiger partial charge in [0.05, 0.1) is 24.1 Å². The maximum Gasteiger partial charge on any atom is 0.336 e. The lowest BCUT2D eigenvalue weighted by atomic mass is 9.91. The van der Waals surface area contributed by atoms with Gasteiger partial charge in [0, 0.05) is 19.3 Å².